The highest BCUT2D eigenvalue weighted by Gasteiger charge is 2.36. The summed E-state index contributed by atoms with van der Waals surface area (Å²) in [5, 5.41) is 4.81. The van der Waals surface area contributed by atoms with E-state index in [1.165, 1.54) is 49.9 Å². The minimum Gasteiger partial charge on any atom is -0.282 e. The number of allylic oxidation sites excluding steroid dienone is 2. The van der Waals surface area contributed by atoms with Crippen molar-refractivity contribution < 1.29 is 0 Å². The van der Waals surface area contributed by atoms with E-state index in [0.717, 1.165) is 0 Å². The van der Waals surface area contributed by atoms with Crippen molar-refractivity contribution in [3.63, 3.8) is 0 Å². The third-order valence-corrected chi connectivity index (χ3v) is 4.57. The van der Waals surface area contributed by atoms with Crippen LogP contribution in [0.25, 0.3) is 0 Å². The highest BCUT2D eigenvalue weighted by Crippen LogP contribution is 2.41. The SMILES string of the molecule is CC(C)(C)C1=NNC(C(C)(C)C)=C2CCCCCCC12. The highest BCUT2D eigenvalue weighted by atomic mass is 15.3. The maximum atomic E-state index is 4.81. The van der Waals surface area contributed by atoms with E-state index in [0.29, 0.717) is 5.92 Å². The molecular formula is C18H32N2. The molecule has 1 unspecified atom stereocenters. The second kappa shape index (κ2) is 5.54. The summed E-state index contributed by atoms with van der Waals surface area (Å²) in [7, 11) is 0. The minimum atomic E-state index is 0.158. The number of hydrogen-bond acceptors (Lipinski definition) is 2. The van der Waals surface area contributed by atoms with Crippen molar-refractivity contribution in [3.8, 4) is 0 Å². The van der Waals surface area contributed by atoms with E-state index >= 15 is 0 Å². The van der Waals surface area contributed by atoms with Crippen molar-refractivity contribution >= 4 is 5.71 Å². The first-order chi connectivity index (χ1) is 9.21. The van der Waals surface area contributed by atoms with Gasteiger partial charge in [-0.15, -0.1) is 0 Å². The Morgan fingerprint density at radius 3 is 2.15 bits per heavy atom. The van der Waals surface area contributed by atoms with Crippen LogP contribution in [0.3, 0.4) is 0 Å². The molecular weight excluding hydrogens is 244 g/mol. The normalized spacial score (nSPS) is 25.3. The van der Waals surface area contributed by atoms with E-state index in [1.807, 2.05) is 0 Å². The smallest absolute Gasteiger partial charge is 0.0507 e. The third kappa shape index (κ3) is 3.27. The molecule has 0 amide bonds. The molecule has 1 saturated carbocycles. The number of fused-ring (bicyclic) bond motifs is 1. The summed E-state index contributed by atoms with van der Waals surface area (Å²) in [6, 6.07) is 0. The predicted octanol–water partition coefficient (Wildman–Crippen LogP) is 5.26. The van der Waals surface area contributed by atoms with Crippen molar-refractivity contribution in [2.24, 2.45) is 21.8 Å². The zero-order valence-corrected chi connectivity index (χ0v) is 14.3. The van der Waals surface area contributed by atoms with Gasteiger partial charge in [0.25, 0.3) is 0 Å². The predicted molar refractivity (Wildman–Crippen MR) is 87.7 cm³/mol. The lowest BCUT2D eigenvalue weighted by molar-refractivity contribution is 0.406. The lowest BCUT2D eigenvalue weighted by Gasteiger charge is -2.39. The van der Waals surface area contributed by atoms with Gasteiger partial charge in [0.05, 0.1) is 5.71 Å². The van der Waals surface area contributed by atoms with E-state index in [2.05, 4.69) is 47.0 Å². The van der Waals surface area contributed by atoms with Gasteiger partial charge in [-0.2, -0.15) is 5.10 Å². The van der Waals surface area contributed by atoms with Crippen LogP contribution in [0.5, 0.6) is 0 Å². The fourth-order valence-corrected chi connectivity index (χ4v) is 3.57. The molecule has 0 bridgehead atoms. The van der Waals surface area contributed by atoms with Crippen LogP contribution < -0.4 is 5.43 Å². The van der Waals surface area contributed by atoms with Gasteiger partial charge in [-0.1, -0.05) is 60.8 Å². The Kier molecular flexibility index (Phi) is 4.32. The minimum absolute atomic E-state index is 0.158. The van der Waals surface area contributed by atoms with Crippen LogP contribution in [-0.4, -0.2) is 5.71 Å². The Labute approximate surface area is 125 Å². The Morgan fingerprint density at radius 2 is 1.55 bits per heavy atom. The van der Waals surface area contributed by atoms with Gasteiger partial charge in [-0.3, -0.25) is 5.43 Å². The Hall–Kier alpha value is -0.790. The van der Waals surface area contributed by atoms with Gasteiger partial charge in [-0.05, 0) is 24.8 Å². The van der Waals surface area contributed by atoms with Crippen LogP contribution in [0.1, 0.15) is 80.1 Å². The summed E-state index contributed by atoms with van der Waals surface area (Å²) in [6.45, 7) is 13.8. The Balaban J connectivity index is 2.42. The summed E-state index contributed by atoms with van der Waals surface area (Å²) in [4.78, 5) is 0. The molecule has 2 aliphatic rings. The molecule has 0 radical (unpaired) electrons. The van der Waals surface area contributed by atoms with Crippen LogP contribution >= 0.6 is 0 Å². The molecule has 20 heavy (non-hydrogen) atoms. The lowest BCUT2D eigenvalue weighted by Crippen LogP contribution is -2.39. The van der Waals surface area contributed by atoms with Gasteiger partial charge in [0.15, 0.2) is 0 Å². The first-order valence-corrected chi connectivity index (χ1v) is 8.29. The quantitative estimate of drug-likeness (QED) is 0.641. The second-order valence-corrected chi connectivity index (χ2v) is 8.51. The van der Waals surface area contributed by atoms with Gasteiger partial charge in [-0.25, -0.2) is 0 Å². The molecule has 1 aliphatic heterocycles. The molecule has 0 aromatic heterocycles. The van der Waals surface area contributed by atoms with Gasteiger partial charge >= 0.3 is 0 Å². The van der Waals surface area contributed by atoms with E-state index in [4.69, 9.17) is 5.10 Å². The summed E-state index contributed by atoms with van der Waals surface area (Å²) >= 11 is 0. The van der Waals surface area contributed by atoms with Gasteiger partial charge < -0.3 is 0 Å². The van der Waals surface area contributed by atoms with Gasteiger partial charge in [0, 0.05) is 22.4 Å². The molecule has 0 aromatic carbocycles. The maximum absolute atomic E-state index is 4.81. The van der Waals surface area contributed by atoms with Crippen molar-refractivity contribution in [2.45, 2.75) is 80.1 Å². The molecule has 1 aliphatic carbocycles. The molecule has 1 fully saturated rings. The molecule has 1 heterocycles. The Morgan fingerprint density at radius 1 is 0.900 bits per heavy atom. The number of rotatable bonds is 0. The first kappa shape index (κ1) is 15.6. The topological polar surface area (TPSA) is 24.4 Å². The van der Waals surface area contributed by atoms with Crippen molar-refractivity contribution in [1.29, 1.82) is 0 Å². The third-order valence-electron chi connectivity index (χ3n) is 4.57. The molecule has 2 heteroatoms. The molecule has 0 spiro atoms. The number of nitrogens with zero attached hydrogens (tertiary/aromatic N) is 1. The Bertz CT molecular complexity index is 416. The van der Waals surface area contributed by atoms with E-state index in [9.17, 15) is 0 Å². The summed E-state index contributed by atoms with van der Waals surface area (Å²) < 4.78 is 0. The largest absolute Gasteiger partial charge is 0.282 e. The summed E-state index contributed by atoms with van der Waals surface area (Å²) in [5.41, 5.74) is 8.16. The summed E-state index contributed by atoms with van der Waals surface area (Å²) in [5.74, 6) is 0.575. The van der Waals surface area contributed by atoms with Crippen LogP contribution in [0.4, 0.5) is 0 Å². The number of hydrogen-bond donors (Lipinski definition) is 1. The molecule has 1 atom stereocenters. The lowest BCUT2D eigenvalue weighted by atomic mass is 9.71. The number of nitrogens with one attached hydrogen (secondary N) is 1. The van der Waals surface area contributed by atoms with E-state index in [-0.39, 0.29) is 10.8 Å². The van der Waals surface area contributed by atoms with Crippen LogP contribution in [-0.2, 0) is 0 Å². The first-order valence-electron chi connectivity index (χ1n) is 8.29. The standard InChI is InChI=1S/C18H32N2/c1-17(2,3)15-13-11-9-7-8-10-12-14(13)16(20-19-15)18(4,5)6/h13,20H,7-12H2,1-6H3. The van der Waals surface area contributed by atoms with Gasteiger partial charge in [0.1, 0.15) is 0 Å². The fourth-order valence-electron chi connectivity index (χ4n) is 3.57. The summed E-state index contributed by atoms with van der Waals surface area (Å²) in [6.07, 6.45) is 7.99. The van der Waals surface area contributed by atoms with Gasteiger partial charge in [0.2, 0.25) is 0 Å². The van der Waals surface area contributed by atoms with Crippen molar-refractivity contribution in [2.75, 3.05) is 0 Å². The van der Waals surface area contributed by atoms with Crippen molar-refractivity contribution in [1.82, 2.24) is 5.43 Å². The molecule has 114 valence electrons. The molecule has 2 rings (SSSR count). The number of hydrazone groups is 1. The fraction of sp³-hybridized carbons (Fsp3) is 0.833. The zero-order chi connectivity index (χ0) is 15.0. The van der Waals surface area contributed by atoms with Crippen LogP contribution in [0.2, 0.25) is 0 Å². The van der Waals surface area contributed by atoms with E-state index in [1.54, 1.807) is 5.57 Å². The maximum Gasteiger partial charge on any atom is 0.0507 e. The molecule has 0 aromatic rings. The van der Waals surface area contributed by atoms with E-state index < -0.39 is 0 Å². The van der Waals surface area contributed by atoms with Crippen LogP contribution in [0, 0.1) is 16.7 Å². The molecule has 2 nitrogen and oxygen atoms in total. The zero-order valence-electron chi connectivity index (χ0n) is 14.3. The highest BCUT2D eigenvalue weighted by molar-refractivity contribution is 5.94. The molecule has 0 saturated heterocycles. The molecule has 1 N–H and O–H groups in total. The monoisotopic (exact) mass is 276 g/mol. The van der Waals surface area contributed by atoms with Crippen LogP contribution in [0.15, 0.2) is 16.4 Å². The second-order valence-electron chi connectivity index (χ2n) is 8.51. The average Bonchev–Trinajstić information content (AvgIpc) is 2.25. The average molecular weight is 276 g/mol. The van der Waals surface area contributed by atoms with Crippen molar-refractivity contribution in [3.05, 3.63) is 11.3 Å².